The van der Waals surface area contributed by atoms with Crippen molar-refractivity contribution in [1.29, 1.82) is 0 Å². The molecule has 7 heteroatoms. The predicted molar refractivity (Wildman–Crippen MR) is 74.2 cm³/mol. The van der Waals surface area contributed by atoms with E-state index in [4.69, 9.17) is 11.6 Å². The van der Waals surface area contributed by atoms with Crippen LogP contribution in [0.3, 0.4) is 0 Å². The average molecular weight is 331 g/mol. The second-order valence-corrected chi connectivity index (χ2v) is 6.63. The number of carbonyl (C=O) groups excluding carboxylic acids is 1. The number of hydrogen-bond donors (Lipinski definition) is 0. The molecular weight excluding hydrogens is 322 g/mol. The summed E-state index contributed by atoms with van der Waals surface area (Å²) in [5.41, 5.74) is -0.311. The minimum Gasteiger partial charge on any atom is -0.293 e. The molecule has 2 aromatic carbocycles. The Balaban J connectivity index is 2.31. The summed E-state index contributed by atoms with van der Waals surface area (Å²) in [6.45, 7) is 0. The maximum absolute atomic E-state index is 13.4. The number of hydrogen-bond acceptors (Lipinski definition) is 3. The Morgan fingerprint density at radius 3 is 2.33 bits per heavy atom. The van der Waals surface area contributed by atoms with Crippen LogP contribution in [0.25, 0.3) is 0 Å². The van der Waals surface area contributed by atoms with Crippen LogP contribution in [0, 0.1) is 11.6 Å². The third-order valence-electron chi connectivity index (χ3n) is 2.75. The fourth-order valence-electron chi connectivity index (χ4n) is 1.69. The van der Waals surface area contributed by atoms with Crippen molar-refractivity contribution < 1.29 is 22.0 Å². The molecule has 0 atom stereocenters. The summed E-state index contributed by atoms with van der Waals surface area (Å²) in [4.78, 5) is 11.6. The molecule has 0 saturated heterocycles. The first-order chi connectivity index (χ1) is 9.81. The second kappa shape index (κ2) is 5.91. The van der Waals surface area contributed by atoms with Crippen LogP contribution in [-0.2, 0) is 9.84 Å². The van der Waals surface area contributed by atoms with Crippen LogP contribution < -0.4 is 0 Å². The van der Waals surface area contributed by atoms with Crippen LogP contribution >= 0.6 is 11.6 Å². The largest absolute Gasteiger partial charge is 0.293 e. The van der Waals surface area contributed by atoms with Gasteiger partial charge in [0.2, 0.25) is 0 Å². The van der Waals surface area contributed by atoms with Gasteiger partial charge in [0.15, 0.2) is 15.6 Å². The number of Topliss-reactive ketones (excluding diaryl/α,β-unsaturated/α-hetero) is 1. The van der Waals surface area contributed by atoms with Crippen LogP contribution in [-0.4, -0.2) is 20.0 Å². The summed E-state index contributed by atoms with van der Waals surface area (Å²) in [7, 11) is -4.03. The van der Waals surface area contributed by atoms with Crippen molar-refractivity contribution in [2.24, 2.45) is 0 Å². The lowest BCUT2D eigenvalue weighted by atomic mass is 10.1. The monoisotopic (exact) mass is 330 g/mol. The Labute approximate surface area is 125 Å². The summed E-state index contributed by atoms with van der Waals surface area (Å²) in [5, 5.41) is -0.366. The molecule has 0 saturated carbocycles. The highest BCUT2D eigenvalue weighted by molar-refractivity contribution is 7.92. The van der Waals surface area contributed by atoms with Crippen molar-refractivity contribution in [3.05, 3.63) is 64.7 Å². The summed E-state index contributed by atoms with van der Waals surface area (Å²) < 4.78 is 50.6. The van der Waals surface area contributed by atoms with Gasteiger partial charge in [-0.05, 0) is 30.3 Å². The molecule has 0 radical (unpaired) electrons. The minimum atomic E-state index is -4.03. The van der Waals surface area contributed by atoms with Gasteiger partial charge in [0, 0.05) is 0 Å². The van der Waals surface area contributed by atoms with Gasteiger partial charge in [-0.3, -0.25) is 4.79 Å². The highest BCUT2D eigenvalue weighted by Crippen LogP contribution is 2.21. The molecule has 0 aromatic heterocycles. The zero-order chi connectivity index (χ0) is 15.6. The van der Waals surface area contributed by atoms with Crippen molar-refractivity contribution >= 4 is 27.2 Å². The molecule has 0 amide bonds. The second-order valence-electron chi connectivity index (χ2n) is 4.24. The highest BCUT2D eigenvalue weighted by Gasteiger charge is 2.23. The zero-order valence-electron chi connectivity index (χ0n) is 10.5. The lowest BCUT2D eigenvalue weighted by molar-refractivity contribution is 0.101. The first kappa shape index (κ1) is 15.6. The third kappa shape index (κ3) is 3.46. The molecule has 0 N–H and O–H groups in total. The van der Waals surface area contributed by atoms with E-state index in [9.17, 15) is 22.0 Å². The number of benzene rings is 2. The normalized spacial score (nSPS) is 11.4. The van der Waals surface area contributed by atoms with Crippen LogP contribution in [0.5, 0.6) is 0 Å². The molecule has 0 heterocycles. The summed E-state index contributed by atoms with van der Waals surface area (Å²) >= 11 is 5.51. The van der Waals surface area contributed by atoms with E-state index in [-0.39, 0.29) is 15.5 Å². The summed E-state index contributed by atoms with van der Waals surface area (Å²) in [5.74, 6) is -3.37. The van der Waals surface area contributed by atoms with Crippen LogP contribution in [0.4, 0.5) is 8.78 Å². The Bertz CT molecular complexity index is 804. The molecule has 21 heavy (non-hydrogen) atoms. The Morgan fingerprint density at radius 2 is 1.71 bits per heavy atom. The van der Waals surface area contributed by atoms with Gasteiger partial charge in [-0.2, -0.15) is 0 Å². The van der Waals surface area contributed by atoms with Gasteiger partial charge in [0.05, 0.1) is 15.5 Å². The average Bonchev–Trinajstić information content (AvgIpc) is 2.41. The first-order valence-corrected chi connectivity index (χ1v) is 7.80. The molecule has 0 bridgehead atoms. The number of halogens is 3. The smallest absolute Gasteiger partial charge is 0.185 e. The van der Waals surface area contributed by atoms with Crippen molar-refractivity contribution in [3.8, 4) is 0 Å². The molecule has 0 fully saturated rings. The molecule has 2 rings (SSSR count). The quantitative estimate of drug-likeness (QED) is 0.638. The van der Waals surface area contributed by atoms with E-state index in [1.807, 2.05) is 0 Å². The van der Waals surface area contributed by atoms with E-state index in [1.165, 1.54) is 18.2 Å². The SMILES string of the molecule is O=C(CS(=O)(=O)c1ccc(F)c(Cl)c1)c1ccccc1F. The van der Waals surface area contributed by atoms with Gasteiger partial charge in [-0.1, -0.05) is 23.7 Å². The van der Waals surface area contributed by atoms with Crippen LogP contribution in [0.15, 0.2) is 47.4 Å². The number of sulfone groups is 1. The molecule has 0 unspecified atom stereocenters. The van der Waals surface area contributed by atoms with Crippen molar-refractivity contribution in [2.45, 2.75) is 4.90 Å². The van der Waals surface area contributed by atoms with Gasteiger partial charge in [0.1, 0.15) is 17.4 Å². The lowest BCUT2D eigenvalue weighted by Gasteiger charge is -2.06. The topological polar surface area (TPSA) is 51.2 Å². The van der Waals surface area contributed by atoms with E-state index < -0.39 is 33.0 Å². The molecule has 0 aliphatic heterocycles. The molecular formula is C14H9ClF2O3S. The van der Waals surface area contributed by atoms with Crippen LogP contribution in [0.2, 0.25) is 5.02 Å². The molecule has 3 nitrogen and oxygen atoms in total. The molecule has 0 aliphatic carbocycles. The highest BCUT2D eigenvalue weighted by atomic mass is 35.5. The standard InChI is InChI=1S/C14H9ClF2O3S/c15-11-7-9(5-6-13(11)17)21(19,20)8-14(18)10-3-1-2-4-12(10)16/h1-7H,8H2. The van der Waals surface area contributed by atoms with E-state index in [0.29, 0.717) is 0 Å². The van der Waals surface area contributed by atoms with Crippen molar-refractivity contribution in [1.82, 2.24) is 0 Å². The Hall–Kier alpha value is -1.79. The fourth-order valence-corrected chi connectivity index (χ4v) is 3.18. The summed E-state index contributed by atoms with van der Waals surface area (Å²) in [6.07, 6.45) is 0. The van der Waals surface area contributed by atoms with E-state index in [0.717, 1.165) is 24.3 Å². The van der Waals surface area contributed by atoms with E-state index in [2.05, 4.69) is 0 Å². The number of carbonyl (C=O) groups is 1. The van der Waals surface area contributed by atoms with Gasteiger partial charge in [-0.15, -0.1) is 0 Å². The van der Waals surface area contributed by atoms with Crippen molar-refractivity contribution in [3.63, 3.8) is 0 Å². The Kier molecular flexibility index (Phi) is 4.39. The van der Waals surface area contributed by atoms with Gasteiger partial charge in [0.25, 0.3) is 0 Å². The van der Waals surface area contributed by atoms with Gasteiger partial charge >= 0.3 is 0 Å². The molecule has 2 aromatic rings. The fraction of sp³-hybridized carbons (Fsp3) is 0.0714. The molecule has 0 aliphatic rings. The Morgan fingerprint density at radius 1 is 1.05 bits per heavy atom. The minimum absolute atomic E-state index is 0.293. The first-order valence-electron chi connectivity index (χ1n) is 5.77. The summed E-state index contributed by atoms with van der Waals surface area (Å²) in [6, 6.07) is 7.90. The zero-order valence-corrected chi connectivity index (χ0v) is 12.1. The lowest BCUT2D eigenvalue weighted by Crippen LogP contribution is -2.17. The molecule has 0 spiro atoms. The number of ketones is 1. The third-order valence-corrected chi connectivity index (χ3v) is 4.65. The maximum atomic E-state index is 13.4. The van der Waals surface area contributed by atoms with Gasteiger partial charge < -0.3 is 0 Å². The predicted octanol–water partition coefficient (Wildman–Crippen LogP) is 3.27. The van der Waals surface area contributed by atoms with E-state index in [1.54, 1.807) is 0 Å². The van der Waals surface area contributed by atoms with E-state index >= 15 is 0 Å². The molecule has 110 valence electrons. The van der Waals surface area contributed by atoms with Crippen LogP contribution in [0.1, 0.15) is 10.4 Å². The van der Waals surface area contributed by atoms with Crippen molar-refractivity contribution in [2.75, 3.05) is 5.75 Å². The van der Waals surface area contributed by atoms with Gasteiger partial charge in [-0.25, -0.2) is 17.2 Å². The maximum Gasteiger partial charge on any atom is 0.185 e. The number of rotatable bonds is 4.